The van der Waals surface area contributed by atoms with Crippen molar-refractivity contribution >= 4 is 39.1 Å². The highest BCUT2D eigenvalue weighted by molar-refractivity contribution is 9.10. The largest absolute Gasteiger partial charge is 0.123 e. The second kappa shape index (κ2) is 6.12. The van der Waals surface area contributed by atoms with E-state index in [1.54, 1.807) is 0 Å². The van der Waals surface area contributed by atoms with Gasteiger partial charge in [0.2, 0.25) is 0 Å². The fourth-order valence-corrected chi connectivity index (χ4v) is 2.76. The van der Waals surface area contributed by atoms with Gasteiger partial charge in [-0.25, -0.2) is 0 Å². The molecule has 1 aromatic carbocycles. The van der Waals surface area contributed by atoms with E-state index in [2.05, 4.69) is 28.9 Å². The molecule has 84 valence electrons. The molecule has 0 spiro atoms. The van der Waals surface area contributed by atoms with Crippen LogP contribution in [0, 0.1) is 5.92 Å². The van der Waals surface area contributed by atoms with E-state index in [1.165, 1.54) is 5.56 Å². The van der Waals surface area contributed by atoms with Gasteiger partial charge in [0.15, 0.2) is 0 Å². The van der Waals surface area contributed by atoms with Crippen molar-refractivity contribution in [2.24, 2.45) is 5.92 Å². The molecule has 0 radical (unpaired) electrons. The monoisotopic (exact) mass is 308 g/mol. The number of hydrogen-bond donors (Lipinski definition) is 0. The molecule has 0 nitrogen and oxygen atoms in total. The van der Waals surface area contributed by atoms with Gasteiger partial charge in [0.25, 0.3) is 0 Å². The number of benzene rings is 1. The van der Waals surface area contributed by atoms with Crippen molar-refractivity contribution < 1.29 is 0 Å². The Hall–Kier alpha value is 0.280. The van der Waals surface area contributed by atoms with Gasteiger partial charge < -0.3 is 0 Å². The molecule has 1 aromatic rings. The van der Waals surface area contributed by atoms with Crippen LogP contribution in [0.4, 0.5) is 0 Å². The molecule has 2 unspecified atom stereocenters. The highest BCUT2D eigenvalue weighted by Crippen LogP contribution is 2.25. The van der Waals surface area contributed by atoms with E-state index in [4.69, 9.17) is 23.2 Å². The zero-order chi connectivity index (χ0) is 11.4. The van der Waals surface area contributed by atoms with Crippen molar-refractivity contribution in [3.05, 3.63) is 33.3 Å². The molecule has 0 fully saturated rings. The lowest BCUT2D eigenvalue weighted by Crippen LogP contribution is -2.05. The molecule has 3 heteroatoms. The van der Waals surface area contributed by atoms with Gasteiger partial charge in [-0.05, 0) is 43.4 Å². The second-order valence-corrected chi connectivity index (χ2v) is 6.13. The van der Waals surface area contributed by atoms with E-state index >= 15 is 0 Å². The number of halogens is 3. The average molecular weight is 310 g/mol. The van der Waals surface area contributed by atoms with E-state index in [9.17, 15) is 0 Å². The minimum atomic E-state index is 0.231. The van der Waals surface area contributed by atoms with Gasteiger partial charge in [0.05, 0.1) is 0 Å². The standard InChI is InChI=1S/C12H15BrCl2/c1-8(5-9(2)14)6-10-3-4-11(13)7-12(10)15/h3-4,7-9H,5-6H2,1-2H3. The lowest BCUT2D eigenvalue weighted by atomic mass is 9.97. The topological polar surface area (TPSA) is 0 Å². The molecule has 0 aliphatic carbocycles. The molecule has 2 atom stereocenters. The normalized spacial score (nSPS) is 15.0. The maximum Gasteiger partial charge on any atom is 0.0449 e. The minimum Gasteiger partial charge on any atom is -0.123 e. The van der Waals surface area contributed by atoms with Crippen LogP contribution in [0.3, 0.4) is 0 Å². The molecule has 0 aliphatic rings. The number of hydrogen-bond acceptors (Lipinski definition) is 0. The van der Waals surface area contributed by atoms with Crippen molar-refractivity contribution in [1.82, 2.24) is 0 Å². The molecule has 0 N–H and O–H groups in total. The molecule has 0 saturated heterocycles. The lowest BCUT2D eigenvalue weighted by molar-refractivity contribution is 0.526. The quantitative estimate of drug-likeness (QED) is 0.662. The van der Waals surface area contributed by atoms with Gasteiger partial charge in [0.1, 0.15) is 0 Å². The first-order valence-corrected chi connectivity index (χ1v) is 6.67. The first-order valence-electron chi connectivity index (χ1n) is 5.07. The van der Waals surface area contributed by atoms with Crippen LogP contribution in [0.2, 0.25) is 5.02 Å². The summed E-state index contributed by atoms with van der Waals surface area (Å²) in [5.74, 6) is 0.566. The van der Waals surface area contributed by atoms with E-state index in [0.717, 1.165) is 22.3 Å². The molecule has 0 amide bonds. The number of alkyl halides is 1. The Bertz CT molecular complexity index is 323. The molecule has 0 heterocycles. The lowest BCUT2D eigenvalue weighted by Gasteiger charge is -2.13. The third-order valence-corrected chi connectivity index (χ3v) is 3.33. The van der Waals surface area contributed by atoms with Crippen LogP contribution in [-0.2, 0) is 6.42 Å². The zero-order valence-electron chi connectivity index (χ0n) is 8.93. The summed E-state index contributed by atoms with van der Waals surface area (Å²) >= 11 is 15.5. The SMILES string of the molecule is CC(Cl)CC(C)Cc1ccc(Br)cc1Cl. The van der Waals surface area contributed by atoms with Crippen LogP contribution >= 0.6 is 39.1 Å². The Kier molecular flexibility index (Phi) is 5.45. The Morgan fingerprint density at radius 1 is 1.33 bits per heavy atom. The van der Waals surface area contributed by atoms with Crippen molar-refractivity contribution in [3.8, 4) is 0 Å². The summed E-state index contributed by atoms with van der Waals surface area (Å²) in [5, 5.41) is 1.06. The summed E-state index contributed by atoms with van der Waals surface area (Å²) in [7, 11) is 0. The van der Waals surface area contributed by atoms with Gasteiger partial charge in [0, 0.05) is 14.9 Å². The molecular weight excluding hydrogens is 295 g/mol. The smallest absolute Gasteiger partial charge is 0.0449 e. The van der Waals surface area contributed by atoms with Crippen LogP contribution in [0.1, 0.15) is 25.8 Å². The molecule has 1 rings (SSSR count). The summed E-state index contributed by atoms with van der Waals surface area (Å²) in [5.41, 5.74) is 1.20. The van der Waals surface area contributed by atoms with E-state index in [0.29, 0.717) is 5.92 Å². The summed E-state index contributed by atoms with van der Waals surface area (Å²) in [4.78, 5) is 0. The minimum absolute atomic E-state index is 0.231. The molecule has 15 heavy (non-hydrogen) atoms. The molecule has 0 aromatic heterocycles. The van der Waals surface area contributed by atoms with E-state index < -0.39 is 0 Å². The third kappa shape index (κ3) is 4.76. The predicted octanol–water partition coefficient (Wildman–Crippen LogP) is 5.30. The van der Waals surface area contributed by atoms with E-state index in [1.807, 2.05) is 19.1 Å². The van der Waals surface area contributed by atoms with Gasteiger partial charge in [-0.3, -0.25) is 0 Å². The maximum absolute atomic E-state index is 6.15. The first-order chi connectivity index (χ1) is 6.99. The zero-order valence-corrected chi connectivity index (χ0v) is 12.0. The predicted molar refractivity (Wildman–Crippen MR) is 72.0 cm³/mol. The first kappa shape index (κ1) is 13.3. The van der Waals surface area contributed by atoms with Gasteiger partial charge in [-0.1, -0.05) is 40.5 Å². The summed E-state index contributed by atoms with van der Waals surface area (Å²) in [6, 6.07) is 6.04. The van der Waals surface area contributed by atoms with Crippen LogP contribution in [-0.4, -0.2) is 5.38 Å². The fourth-order valence-electron chi connectivity index (χ4n) is 1.70. The molecule has 0 bridgehead atoms. The third-order valence-electron chi connectivity index (χ3n) is 2.31. The summed E-state index contributed by atoms with van der Waals surface area (Å²) < 4.78 is 1.02. The molecule has 0 aliphatic heterocycles. The number of rotatable bonds is 4. The highest BCUT2D eigenvalue weighted by Gasteiger charge is 2.09. The Morgan fingerprint density at radius 2 is 2.00 bits per heavy atom. The van der Waals surface area contributed by atoms with Gasteiger partial charge >= 0.3 is 0 Å². The molecular formula is C12H15BrCl2. The van der Waals surface area contributed by atoms with E-state index in [-0.39, 0.29) is 5.38 Å². The highest BCUT2D eigenvalue weighted by atomic mass is 79.9. The average Bonchev–Trinajstić information content (AvgIpc) is 2.08. The fraction of sp³-hybridized carbons (Fsp3) is 0.500. The summed E-state index contributed by atoms with van der Waals surface area (Å²) in [6.07, 6.45) is 2.01. The van der Waals surface area contributed by atoms with Crippen LogP contribution in [0.15, 0.2) is 22.7 Å². The van der Waals surface area contributed by atoms with Crippen LogP contribution in [0.5, 0.6) is 0 Å². The Balaban J connectivity index is 2.64. The van der Waals surface area contributed by atoms with Crippen molar-refractivity contribution in [3.63, 3.8) is 0 Å². The van der Waals surface area contributed by atoms with Crippen molar-refractivity contribution in [2.75, 3.05) is 0 Å². The van der Waals surface area contributed by atoms with Crippen molar-refractivity contribution in [1.29, 1.82) is 0 Å². The Morgan fingerprint density at radius 3 is 2.53 bits per heavy atom. The molecule has 0 saturated carbocycles. The second-order valence-electron chi connectivity index (χ2n) is 4.06. The van der Waals surface area contributed by atoms with Gasteiger partial charge in [-0.15, -0.1) is 11.6 Å². The van der Waals surface area contributed by atoms with Crippen LogP contribution in [0.25, 0.3) is 0 Å². The summed E-state index contributed by atoms with van der Waals surface area (Å²) in [6.45, 7) is 4.23. The maximum atomic E-state index is 6.15. The van der Waals surface area contributed by atoms with Crippen molar-refractivity contribution in [2.45, 2.75) is 32.1 Å². The van der Waals surface area contributed by atoms with Crippen LogP contribution < -0.4 is 0 Å². The Labute approximate surface area is 110 Å². The van der Waals surface area contributed by atoms with Gasteiger partial charge in [-0.2, -0.15) is 0 Å².